The zero-order chi connectivity index (χ0) is 15.0. The van der Waals surface area contributed by atoms with E-state index in [0.29, 0.717) is 5.56 Å². The Morgan fingerprint density at radius 3 is 2.25 bits per heavy atom. The molecule has 0 aliphatic heterocycles. The number of nitrogens with one attached hydrogen (secondary N) is 1. The average Bonchev–Trinajstić information content (AvgIpc) is 2.47. The molecule has 1 aromatic carbocycles. The van der Waals surface area contributed by atoms with Crippen LogP contribution >= 0.6 is 0 Å². The zero-order valence-electron chi connectivity index (χ0n) is 12.6. The number of hydrogen-bond acceptors (Lipinski definition) is 3. The highest BCUT2D eigenvalue weighted by molar-refractivity contribution is 5.97. The highest BCUT2D eigenvalue weighted by Crippen LogP contribution is 2.07. The van der Waals surface area contributed by atoms with E-state index in [2.05, 4.69) is 12.2 Å². The first-order chi connectivity index (χ1) is 9.60. The van der Waals surface area contributed by atoms with Crippen molar-refractivity contribution in [3.8, 4) is 0 Å². The first-order valence-electron chi connectivity index (χ1n) is 7.15. The number of Topliss-reactive ketones (excluding diaryl/α,β-unsaturated/α-hetero) is 1. The number of ketones is 1. The standard InChI is InChI=1S/C16H24N2O2/c1-4-10-18(12-16(20)17-3)11-15(19)14-8-6-13(5-2)7-9-14/h6-9H,4-5,10-12H2,1-3H3,(H,17,20). The quantitative estimate of drug-likeness (QED) is 0.738. The molecular formula is C16H24N2O2. The fourth-order valence-electron chi connectivity index (χ4n) is 2.03. The van der Waals surface area contributed by atoms with E-state index in [1.54, 1.807) is 7.05 Å². The van der Waals surface area contributed by atoms with Gasteiger partial charge in [-0.05, 0) is 24.9 Å². The Kier molecular flexibility index (Phi) is 6.94. The van der Waals surface area contributed by atoms with Gasteiger partial charge in [-0.15, -0.1) is 0 Å². The molecule has 1 aromatic rings. The van der Waals surface area contributed by atoms with Crippen LogP contribution in [0.1, 0.15) is 36.2 Å². The van der Waals surface area contributed by atoms with Crippen LogP contribution in [0.3, 0.4) is 0 Å². The maximum Gasteiger partial charge on any atom is 0.233 e. The number of carbonyl (C=O) groups excluding carboxylic acids is 2. The van der Waals surface area contributed by atoms with Gasteiger partial charge in [0.25, 0.3) is 0 Å². The minimum Gasteiger partial charge on any atom is -0.358 e. The van der Waals surface area contributed by atoms with Gasteiger partial charge in [0.05, 0.1) is 13.1 Å². The molecular weight excluding hydrogens is 252 g/mol. The van der Waals surface area contributed by atoms with Crippen molar-refractivity contribution >= 4 is 11.7 Å². The lowest BCUT2D eigenvalue weighted by atomic mass is 10.1. The summed E-state index contributed by atoms with van der Waals surface area (Å²) in [7, 11) is 1.61. The third-order valence-electron chi connectivity index (χ3n) is 3.24. The fraction of sp³-hybridized carbons (Fsp3) is 0.500. The van der Waals surface area contributed by atoms with Gasteiger partial charge in [0, 0.05) is 12.6 Å². The van der Waals surface area contributed by atoms with Crippen molar-refractivity contribution in [1.82, 2.24) is 10.2 Å². The van der Waals surface area contributed by atoms with E-state index in [0.717, 1.165) is 19.4 Å². The van der Waals surface area contributed by atoms with Crippen LogP contribution in [0, 0.1) is 0 Å². The highest BCUT2D eigenvalue weighted by Gasteiger charge is 2.14. The van der Waals surface area contributed by atoms with Gasteiger partial charge in [-0.2, -0.15) is 0 Å². The largest absolute Gasteiger partial charge is 0.358 e. The molecule has 0 aliphatic rings. The number of carbonyl (C=O) groups is 2. The summed E-state index contributed by atoms with van der Waals surface area (Å²) in [6.07, 6.45) is 1.88. The summed E-state index contributed by atoms with van der Waals surface area (Å²) in [4.78, 5) is 25.5. The van der Waals surface area contributed by atoms with E-state index < -0.39 is 0 Å². The maximum atomic E-state index is 12.2. The van der Waals surface area contributed by atoms with Gasteiger partial charge < -0.3 is 5.32 Å². The van der Waals surface area contributed by atoms with E-state index in [-0.39, 0.29) is 24.8 Å². The lowest BCUT2D eigenvalue weighted by Gasteiger charge is -2.19. The van der Waals surface area contributed by atoms with Crippen LogP contribution in [0.4, 0.5) is 0 Å². The number of amides is 1. The van der Waals surface area contributed by atoms with Gasteiger partial charge in [-0.25, -0.2) is 0 Å². The molecule has 20 heavy (non-hydrogen) atoms. The summed E-state index contributed by atoms with van der Waals surface area (Å²) in [5.41, 5.74) is 1.93. The topological polar surface area (TPSA) is 49.4 Å². The molecule has 0 heterocycles. The molecule has 1 rings (SSSR count). The van der Waals surface area contributed by atoms with Crippen LogP contribution in [-0.2, 0) is 11.2 Å². The van der Waals surface area contributed by atoms with Crippen molar-refractivity contribution in [2.45, 2.75) is 26.7 Å². The van der Waals surface area contributed by atoms with E-state index >= 15 is 0 Å². The summed E-state index contributed by atoms with van der Waals surface area (Å²) < 4.78 is 0. The molecule has 0 fully saturated rings. The van der Waals surface area contributed by atoms with Crippen LogP contribution in [0.15, 0.2) is 24.3 Å². The van der Waals surface area contributed by atoms with E-state index in [9.17, 15) is 9.59 Å². The molecule has 0 bridgehead atoms. The van der Waals surface area contributed by atoms with Crippen molar-refractivity contribution in [3.05, 3.63) is 35.4 Å². The van der Waals surface area contributed by atoms with Crippen molar-refractivity contribution in [2.75, 3.05) is 26.7 Å². The summed E-state index contributed by atoms with van der Waals surface area (Å²) in [6, 6.07) is 7.70. The fourth-order valence-corrected chi connectivity index (χ4v) is 2.03. The molecule has 0 atom stereocenters. The predicted molar refractivity (Wildman–Crippen MR) is 80.9 cm³/mol. The Labute approximate surface area is 121 Å². The molecule has 4 heteroatoms. The lowest BCUT2D eigenvalue weighted by molar-refractivity contribution is -0.121. The van der Waals surface area contributed by atoms with Crippen molar-refractivity contribution < 1.29 is 9.59 Å². The summed E-state index contributed by atoms with van der Waals surface area (Å²) in [5.74, 6) is -0.00223. The number of aryl methyl sites for hydroxylation is 1. The molecule has 0 aliphatic carbocycles. The van der Waals surface area contributed by atoms with Crippen LogP contribution < -0.4 is 5.32 Å². The molecule has 0 saturated carbocycles. The third-order valence-corrected chi connectivity index (χ3v) is 3.24. The van der Waals surface area contributed by atoms with Crippen LogP contribution in [0.2, 0.25) is 0 Å². The first kappa shape index (κ1) is 16.4. The van der Waals surface area contributed by atoms with Gasteiger partial charge in [0.1, 0.15) is 0 Å². The van der Waals surface area contributed by atoms with Gasteiger partial charge in [0.2, 0.25) is 5.91 Å². The SMILES string of the molecule is CCCN(CC(=O)NC)CC(=O)c1ccc(CC)cc1. The molecule has 1 amide bonds. The van der Waals surface area contributed by atoms with E-state index in [4.69, 9.17) is 0 Å². The monoisotopic (exact) mass is 276 g/mol. The molecule has 4 nitrogen and oxygen atoms in total. The van der Waals surface area contributed by atoms with E-state index in [1.807, 2.05) is 36.1 Å². The number of rotatable bonds is 8. The average molecular weight is 276 g/mol. The Hall–Kier alpha value is -1.68. The minimum absolute atomic E-state index is 0.0602. The van der Waals surface area contributed by atoms with Crippen LogP contribution in [-0.4, -0.2) is 43.3 Å². The van der Waals surface area contributed by atoms with E-state index in [1.165, 1.54) is 5.56 Å². The second-order valence-corrected chi connectivity index (χ2v) is 4.86. The second-order valence-electron chi connectivity index (χ2n) is 4.86. The summed E-state index contributed by atoms with van der Waals surface area (Å²) in [6.45, 7) is 5.42. The van der Waals surface area contributed by atoms with Gasteiger partial charge in [0.15, 0.2) is 5.78 Å². The first-order valence-corrected chi connectivity index (χ1v) is 7.15. The summed E-state index contributed by atoms with van der Waals surface area (Å²) >= 11 is 0. The molecule has 1 N–H and O–H groups in total. The molecule has 0 aromatic heterocycles. The Morgan fingerprint density at radius 1 is 1.10 bits per heavy atom. The lowest BCUT2D eigenvalue weighted by Crippen LogP contribution is -2.39. The van der Waals surface area contributed by atoms with Gasteiger partial charge in [-0.3, -0.25) is 14.5 Å². The second kappa shape index (κ2) is 8.48. The molecule has 110 valence electrons. The van der Waals surface area contributed by atoms with Crippen LogP contribution in [0.25, 0.3) is 0 Å². The van der Waals surface area contributed by atoms with Crippen molar-refractivity contribution in [3.63, 3.8) is 0 Å². The molecule has 0 spiro atoms. The third kappa shape index (κ3) is 5.13. The van der Waals surface area contributed by atoms with Gasteiger partial charge in [-0.1, -0.05) is 38.1 Å². The highest BCUT2D eigenvalue weighted by atomic mass is 16.2. The molecule has 0 unspecified atom stereocenters. The van der Waals surface area contributed by atoms with Crippen molar-refractivity contribution in [1.29, 1.82) is 0 Å². The molecule has 0 saturated heterocycles. The zero-order valence-corrected chi connectivity index (χ0v) is 12.6. The number of benzene rings is 1. The maximum absolute atomic E-state index is 12.2. The number of hydrogen-bond donors (Lipinski definition) is 1. The Bertz CT molecular complexity index is 440. The summed E-state index contributed by atoms with van der Waals surface area (Å²) in [5, 5.41) is 2.59. The number of likely N-dealkylation sites (N-methyl/N-ethyl adjacent to an activating group) is 1. The normalized spacial score (nSPS) is 10.6. The van der Waals surface area contributed by atoms with Crippen molar-refractivity contribution in [2.24, 2.45) is 0 Å². The van der Waals surface area contributed by atoms with Gasteiger partial charge >= 0.3 is 0 Å². The van der Waals surface area contributed by atoms with Crippen LogP contribution in [0.5, 0.6) is 0 Å². The predicted octanol–water partition coefficient (Wildman–Crippen LogP) is 1.89. The molecule has 0 radical (unpaired) electrons. The Morgan fingerprint density at radius 2 is 1.75 bits per heavy atom. The smallest absolute Gasteiger partial charge is 0.233 e. The minimum atomic E-state index is -0.0624. The number of nitrogens with zero attached hydrogens (tertiary/aromatic N) is 1. The Balaban J connectivity index is 2.66.